The van der Waals surface area contributed by atoms with Crippen molar-refractivity contribution in [1.82, 2.24) is 4.90 Å². The Kier molecular flexibility index (Phi) is 4.27. The number of ether oxygens (including phenoxy) is 1. The molecule has 1 aliphatic carbocycles. The molecule has 0 aromatic heterocycles. The molecule has 0 aliphatic heterocycles. The lowest BCUT2D eigenvalue weighted by molar-refractivity contribution is 0.0680. The van der Waals surface area contributed by atoms with Crippen molar-refractivity contribution in [3.63, 3.8) is 0 Å². The van der Waals surface area contributed by atoms with Crippen LogP contribution >= 0.6 is 15.9 Å². The number of hydrogen-bond donors (Lipinski definition) is 0. The van der Waals surface area contributed by atoms with Crippen molar-refractivity contribution >= 4 is 32.6 Å². The zero-order valence-electron chi connectivity index (χ0n) is 12.0. The third-order valence-electron chi connectivity index (χ3n) is 3.83. The molecule has 0 atom stereocenters. The largest absolute Gasteiger partial charge is 0.383 e. The zero-order chi connectivity index (χ0) is 14.8. The Morgan fingerprint density at radius 3 is 2.67 bits per heavy atom. The van der Waals surface area contributed by atoms with E-state index in [1.807, 2.05) is 35.2 Å². The molecular formula is C17H18BrNO2. The van der Waals surface area contributed by atoms with Crippen LogP contribution < -0.4 is 0 Å². The first-order chi connectivity index (χ1) is 10.2. The molecule has 4 heteroatoms. The summed E-state index contributed by atoms with van der Waals surface area (Å²) in [5.74, 6) is 0.111. The SMILES string of the molecule is COCCN(C(=O)c1ccc2cc(Br)ccc2c1)C1CC1. The highest BCUT2D eigenvalue weighted by atomic mass is 79.9. The van der Waals surface area contributed by atoms with Gasteiger partial charge in [-0.2, -0.15) is 0 Å². The number of amides is 1. The highest BCUT2D eigenvalue weighted by Crippen LogP contribution is 2.29. The number of carbonyl (C=O) groups is 1. The Balaban J connectivity index is 1.87. The van der Waals surface area contributed by atoms with Crippen molar-refractivity contribution in [3.8, 4) is 0 Å². The molecule has 0 unspecified atom stereocenters. The van der Waals surface area contributed by atoms with Gasteiger partial charge in [0.1, 0.15) is 0 Å². The van der Waals surface area contributed by atoms with Crippen LogP contribution in [0.1, 0.15) is 23.2 Å². The van der Waals surface area contributed by atoms with Gasteiger partial charge in [-0.3, -0.25) is 4.79 Å². The lowest BCUT2D eigenvalue weighted by Gasteiger charge is -2.22. The topological polar surface area (TPSA) is 29.5 Å². The average Bonchev–Trinajstić information content (AvgIpc) is 3.31. The van der Waals surface area contributed by atoms with Crippen molar-refractivity contribution in [2.45, 2.75) is 18.9 Å². The number of methoxy groups -OCH3 is 1. The summed E-state index contributed by atoms with van der Waals surface area (Å²) in [5, 5.41) is 2.22. The predicted molar refractivity (Wildman–Crippen MR) is 87.6 cm³/mol. The lowest BCUT2D eigenvalue weighted by Crippen LogP contribution is -2.35. The first-order valence-electron chi connectivity index (χ1n) is 7.18. The molecule has 1 amide bonds. The number of hydrogen-bond acceptors (Lipinski definition) is 2. The van der Waals surface area contributed by atoms with Crippen molar-refractivity contribution < 1.29 is 9.53 Å². The molecule has 1 saturated carbocycles. The molecule has 0 radical (unpaired) electrons. The molecule has 0 heterocycles. The average molecular weight is 348 g/mol. The summed E-state index contributed by atoms with van der Waals surface area (Å²) in [6, 6.07) is 12.4. The van der Waals surface area contributed by atoms with Crippen LogP contribution in [0.4, 0.5) is 0 Å². The van der Waals surface area contributed by atoms with Gasteiger partial charge in [0.2, 0.25) is 0 Å². The van der Waals surface area contributed by atoms with E-state index in [4.69, 9.17) is 4.74 Å². The van der Waals surface area contributed by atoms with E-state index >= 15 is 0 Å². The Bertz CT molecular complexity index is 667. The molecule has 0 saturated heterocycles. The minimum absolute atomic E-state index is 0.111. The van der Waals surface area contributed by atoms with Crippen molar-refractivity contribution in [2.24, 2.45) is 0 Å². The maximum absolute atomic E-state index is 12.7. The molecule has 3 rings (SSSR count). The molecule has 110 valence electrons. The number of benzene rings is 2. The zero-order valence-corrected chi connectivity index (χ0v) is 13.6. The van der Waals surface area contributed by atoms with Gasteiger partial charge >= 0.3 is 0 Å². The Labute approximate surface area is 133 Å². The summed E-state index contributed by atoms with van der Waals surface area (Å²) in [5.41, 5.74) is 0.757. The second-order valence-electron chi connectivity index (χ2n) is 5.43. The first-order valence-corrected chi connectivity index (χ1v) is 7.97. The predicted octanol–water partition coefficient (Wildman–Crippen LogP) is 3.85. The van der Waals surface area contributed by atoms with Crippen LogP contribution in [-0.2, 0) is 4.74 Å². The fourth-order valence-corrected chi connectivity index (χ4v) is 2.92. The Morgan fingerprint density at radius 2 is 1.95 bits per heavy atom. The summed E-state index contributed by atoms with van der Waals surface area (Å²) in [6.07, 6.45) is 2.21. The smallest absolute Gasteiger partial charge is 0.254 e. The Morgan fingerprint density at radius 1 is 1.24 bits per heavy atom. The number of nitrogens with zero attached hydrogens (tertiary/aromatic N) is 1. The molecule has 0 N–H and O–H groups in total. The van der Waals surface area contributed by atoms with E-state index in [1.165, 1.54) is 0 Å². The molecule has 1 aliphatic rings. The quantitative estimate of drug-likeness (QED) is 0.821. The van der Waals surface area contributed by atoms with E-state index in [0.29, 0.717) is 19.2 Å². The molecule has 1 fully saturated rings. The monoisotopic (exact) mass is 347 g/mol. The summed E-state index contributed by atoms with van der Waals surface area (Å²) in [4.78, 5) is 14.7. The van der Waals surface area contributed by atoms with E-state index in [0.717, 1.165) is 33.7 Å². The van der Waals surface area contributed by atoms with Gasteiger partial charge < -0.3 is 9.64 Å². The minimum atomic E-state index is 0.111. The molecule has 21 heavy (non-hydrogen) atoms. The van der Waals surface area contributed by atoms with Crippen LogP contribution in [0.15, 0.2) is 40.9 Å². The minimum Gasteiger partial charge on any atom is -0.383 e. The fourth-order valence-electron chi connectivity index (χ4n) is 2.54. The maximum atomic E-state index is 12.7. The van der Waals surface area contributed by atoms with E-state index in [2.05, 4.69) is 22.0 Å². The van der Waals surface area contributed by atoms with Crippen molar-refractivity contribution in [3.05, 3.63) is 46.4 Å². The highest BCUT2D eigenvalue weighted by Gasteiger charge is 2.32. The highest BCUT2D eigenvalue weighted by molar-refractivity contribution is 9.10. The number of carbonyl (C=O) groups excluding carboxylic acids is 1. The summed E-state index contributed by atoms with van der Waals surface area (Å²) in [7, 11) is 1.67. The third-order valence-corrected chi connectivity index (χ3v) is 4.33. The van der Waals surface area contributed by atoms with Gasteiger partial charge in [-0.25, -0.2) is 0 Å². The summed E-state index contributed by atoms with van der Waals surface area (Å²) < 4.78 is 6.17. The van der Waals surface area contributed by atoms with Gasteiger partial charge in [0.15, 0.2) is 0 Å². The van der Waals surface area contributed by atoms with Gasteiger partial charge in [0.05, 0.1) is 6.61 Å². The van der Waals surface area contributed by atoms with Gasteiger partial charge in [0, 0.05) is 29.7 Å². The second kappa shape index (κ2) is 6.16. The number of rotatable bonds is 5. The molecule has 0 bridgehead atoms. The Hall–Kier alpha value is -1.39. The van der Waals surface area contributed by atoms with Crippen LogP contribution in [0, 0.1) is 0 Å². The lowest BCUT2D eigenvalue weighted by atomic mass is 10.1. The van der Waals surface area contributed by atoms with E-state index in [9.17, 15) is 4.79 Å². The van der Waals surface area contributed by atoms with Gasteiger partial charge in [0.25, 0.3) is 5.91 Å². The standard InChI is InChI=1S/C17H18BrNO2/c1-21-9-8-19(16-6-7-16)17(20)14-3-2-13-11-15(18)5-4-12(13)10-14/h2-5,10-11,16H,6-9H2,1H3. The van der Waals surface area contributed by atoms with Gasteiger partial charge in [-0.05, 0) is 47.9 Å². The molecule has 2 aromatic rings. The molecule has 2 aromatic carbocycles. The normalized spacial score (nSPS) is 14.4. The van der Waals surface area contributed by atoms with E-state index in [-0.39, 0.29) is 5.91 Å². The molecule has 3 nitrogen and oxygen atoms in total. The molecule has 0 spiro atoms. The summed E-state index contributed by atoms with van der Waals surface area (Å²) in [6.45, 7) is 1.25. The van der Waals surface area contributed by atoms with Crippen LogP contribution in [0.2, 0.25) is 0 Å². The number of fused-ring (bicyclic) bond motifs is 1. The first kappa shape index (κ1) is 14.5. The van der Waals surface area contributed by atoms with Crippen molar-refractivity contribution in [2.75, 3.05) is 20.3 Å². The third kappa shape index (κ3) is 3.27. The molecular weight excluding hydrogens is 330 g/mol. The number of halogens is 1. The van der Waals surface area contributed by atoms with E-state index in [1.54, 1.807) is 7.11 Å². The van der Waals surface area contributed by atoms with E-state index < -0.39 is 0 Å². The summed E-state index contributed by atoms with van der Waals surface area (Å²) >= 11 is 3.47. The van der Waals surface area contributed by atoms with Crippen LogP contribution in [0.25, 0.3) is 10.8 Å². The maximum Gasteiger partial charge on any atom is 0.254 e. The van der Waals surface area contributed by atoms with Crippen LogP contribution in [-0.4, -0.2) is 37.1 Å². The van der Waals surface area contributed by atoms with Crippen LogP contribution in [0.3, 0.4) is 0 Å². The van der Waals surface area contributed by atoms with Crippen LogP contribution in [0.5, 0.6) is 0 Å². The van der Waals surface area contributed by atoms with Crippen molar-refractivity contribution in [1.29, 1.82) is 0 Å². The fraction of sp³-hybridized carbons (Fsp3) is 0.353. The van der Waals surface area contributed by atoms with Gasteiger partial charge in [-0.1, -0.05) is 28.1 Å². The van der Waals surface area contributed by atoms with Gasteiger partial charge in [-0.15, -0.1) is 0 Å². The second-order valence-corrected chi connectivity index (χ2v) is 6.34.